The lowest BCUT2D eigenvalue weighted by Crippen LogP contribution is -2.23. The number of halogens is 2. The van der Waals surface area contributed by atoms with Crippen molar-refractivity contribution in [3.8, 4) is 0 Å². The molecule has 7 heteroatoms. The highest BCUT2D eigenvalue weighted by atomic mass is 19.2. The highest BCUT2D eigenvalue weighted by Gasteiger charge is 2.23. The predicted octanol–water partition coefficient (Wildman–Crippen LogP) is 3.49. The first-order valence-corrected chi connectivity index (χ1v) is 7.81. The van der Waals surface area contributed by atoms with Gasteiger partial charge in [-0.1, -0.05) is 6.07 Å². The molecule has 0 saturated carbocycles. The Morgan fingerprint density at radius 3 is 2.52 bits per heavy atom. The molecule has 2 aromatic carbocycles. The number of cyclic esters (lactones) is 1. The molecule has 130 valence electrons. The quantitative estimate of drug-likeness (QED) is 0.902. The second kappa shape index (κ2) is 7.29. The first-order valence-electron chi connectivity index (χ1n) is 7.81. The van der Waals surface area contributed by atoms with Crippen LogP contribution in [0.25, 0.3) is 0 Å². The first kappa shape index (κ1) is 16.9. The van der Waals surface area contributed by atoms with Crippen molar-refractivity contribution in [2.75, 3.05) is 23.4 Å². The van der Waals surface area contributed by atoms with Crippen LogP contribution in [0.2, 0.25) is 0 Å². The molecule has 0 aromatic heterocycles. The van der Waals surface area contributed by atoms with Gasteiger partial charge in [-0.25, -0.2) is 13.6 Å². The molecular weight excluding hydrogens is 330 g/mol. The molecule has 0 unspecified atom stereocenters. The number of hydrogen-bond acceptors (Lipinski definition) is 3. The first-order chi connectivity index (χ1) is 12.0. The molecule has 0 atom stereocenters. The minimum absolute atomic E-state index is 0.144. The maximum Gasteiger partial charge on any atom is 0.414 e. The highest BCUT2D eigenvalue weighted by molar-refractivity contribution is 5.92. The van der Waals surface area contributed by atoms with E-state index in [1.54, 1.807) is 24.3 Å². The number of aryl methyl sites for hydroxylation is 1. The van der Waals surface area contributed by atoms with Crippen LogP contribution < -0.4 is 10.2 Å². The Balaban J connectivity index is 1.54. The SMILES string of the molecule is O=C(CCc1ccc(F)c(F)c1)Nc1ccc(N2CCOC2=O)cc1. The van der Waals surface area contributed by atoms with Gasteiger partial charge in [-0.05, 0) is 48.4 Å². The maximum absolute atomic E-state index is 13.1. The van der Waals surface area contributed by atoms with Crippen LogP contribution in [0, 0.1) is 11.6 Å². The Morgan fingerprint density at radius 2 is 1.88 bits per heavy atom. The van der Waals surface area contributed by atoms with Crippen molar-refractivity contribution in [2.45, 2.75) is 12.8 Å². The largest absolute Gasteiger partial charge is 0.447 e. The summed E-state index contributed by atoms with van der Waals surface area (Å²) in [6.45, 7) is 0.861. The Kier molecular flexibility index (Phi) is 4.92. The van der Waals surface area contributed by atoms with Gasteiger partial charge >= 0.3 is 6.09 Å². The molecule has 1 fully saturated rings. The molecule has 1 aliphatic rings. The molecule has 1 saturated heterocycles. The van der Waals surface area contributed by atoms with E-state index in [0.717, 1.165) is 12.1 Å². The lowest BCUT2D eigenvalue weighted by atomic mass is 10.1. The molecule has 2 aromatic rings. The van der Waals surface area contributed by atoms with Gasteiger partial charge in [-0.15, -0.1) is 0 Å². The second-order valence-corrected chi connectivity index (χ2v) is 5.61. The van der Waals surface area contributed by atoms with E-state index in [9.17, 15) is 18.4 Å². The number of rotatable bonds is 5. The molecule has 1 aliphatic heterocycles. The zero-order valence-electron chi connectivity index (χ0n) is 13.3. The van der Waals surface area contributed by atoms with Gasteiger partial charge in [0.25, 0.3) is 0 Å². The van der Waals surface area contributed by atoms with Crippen molar-refractivity contribution in [3.05, 3.63) is 59.7 Å². The lowest BCUT2D eigenvalue weighted by molar-refractivity contribution is -0.116. The number of hydrogen-bond donors (Lipinski definition) is 1. The molecule has 0 radical (unpaired) electrons. The third-order valence-corrected chi connectivity index (χ3v) is 3.85. The fourth-order valence-corrected chi connectivity index (χ4v) is 2.53. The average Bonchev–Trinajstić information content (AvgIpc) is 3.03. The van der Waals surface area contributed by atoms with Gasteiger partial charge in [-0.3, -0.25) is 9.69 Å². The summed E-state index contributed by atoms with van der Waals surface area (Å²) in [5.41, 5.74) is 1.84. The van der Waals surface area contributed by atoms with Gasteiger partial charge in [0.2, 0.25) is 5.91 Å². The van der Waals surface area contributed by atoms with Crippen LogP contribution in [0.5, 0.6) is 0 Å². The predicted molar refractivity (Wildman–Crippen MR) is 88.4 cm³/mol. The van der Waals surface area contributed by atoms with Crippen LogP contribution in [0.3, 0.4) is 0 Å². The third kappa shape index (κ3) is 4.12. The summed E-state index contributed by atoms with van der Waals surface area (Å²) in [6.07, 6.45) is 0.0646. The molecule has 5 nitrogen and oxygen atoms in total. The molecule has 25 heavy (non-hydrogen) atoms. The molecule has 0 bridgehead atoms. The van der Waals surface area contributed by atoms with Crippen molar-refractivity contribution in [1.29, 1.82) is 0 Å². The summed E-state index contributed by atoms with van der Waals surface area (Å²) < 4.78 is 30.9. The van der Waals surface area contributed by atoms with Crippen molar-refractivity contribution in [1.82, 2.24) is 0 Å². The summed E-state index contributed by atoms with van der Waals surface area (Å²) in [4.78, 5) is 25.0. The highest BCUT2D eigenvalue weighted by Crippen LogP contribution is 2.21. The molecule has 0 spiro atoms. The van der Waals surface area contributed by atoms with E-state index in [2.05, 4.69) is 5.32 Å². The van der Waals surface area contributed by atoms with Crippen LogP contribution in [-0.2, 0) is 16.0 Å². The van der Waals surface area contributed by atoms with E-state index >= 15 is 0 Å². The topological polar surface area (TPSA) is 58.6 Å². The van der Waals surface area contributed by atoms with Crippen LogP contribution in [0.4, 0.5) is 25.0 Å². The number of carbonyl (C=O) groups excluding carboxylic acids is 2. The van der Waals surface area contributed by atoms with Gasteiger partial charge in [-0.2, -0.15) is 0 Å². The molecule has 1 N–H and O–H groups in total. The van der Waals surface area contributed by atoms with E-state index in [4.69, 9.17) is 4.74 Å². The Labute approximate surface area is 143 Å². The summed E-state index contributed by atoms with van der Waals surface area (Å²) in [5.74, 6) is -2.07. The third-order valence-electron chi connectivity index (χ3n) is 3.85. The van der Waals surface area contributed by atoms with Crippen molar-refractivity contribution in [2.24, 2.45) is 0 Å². The Hall–Kier alpha value is -2.96. The average molecular weight is 346 g/mol. The van der Waals surface area contributed by atoms with Crippen LogP contribution in [0.15, 0.2) is 42.5 Å². The van der Waals surface area contributed by atoms with Gasteiger partial charge in [0.1, 0.15) is 6.61 Å². The number of anilines is 2. The van der Waals surface area contributed by atoms with E-state index in [0.29, 0.717) is 36.5 Å². The number of nitrogens with zero attached hydrogens (tertiary/aromatic N) is 1. The van der Waals surface area contributed by atoms with Crippen LogP contribution >= 0.6 is 0 Å². The van der Waals surface area contributed by atoms with Gasteiger partial charge < -0.3 is 10.1 Å². The summed E-state index contributed by atoms with van der Waals surface area (Å²) >= 11 is 0. The Morgan fingerprint density at radius 1 is 1.12 bits per heavy atom. The molecule has 2 amide bonds. The second-order valence-electron chi connectivity index (χ2n) is 5.61. The fraction of sp³-hybridized carbons (Fsp3) is 0.222. The number of benzene rings is 2. The fourth-order valence-electron chi connectivity index (χ4n) is 2.53. The zero-order chi connectivity index (χ0) is 17.8. The van der Waals surface area contributed by atoms with E-state index in [1.165, 1.54) is 11.0 Å². The standard InChI is InChI=1S/C18H16F2N2O3/c19-15-7-1-12(11-16(15)20)2-8-17(23)21-13-3-5-14(6-4-13)22-9-10-25-18(22)24/h1,3-7,11H,2,8-10H2,(H,21,23). The number of carbonyl (C=O) groups is 2. The van der Waals surface area contributed by atoms with Crippen LogP contribution in [-0.4, -0.2) is 25.2 Å². The van der Waals surface area contributed by atoms with Crippen molar-refractivity contribution >= 4 is 23.4 Å². The monoisotopic (exact) mass is 346 g/mol. The number of ether oxygens (including phenoxy) is 1. The molecule has 3 rings (SSSR count). The summed E-state index contributed by atoms with van der Waals surface area (Å²) in [5, 5.41) is 2.73. The van der Waals surface area contributed by atoms with E-state index < -0.39 is 11.6 Å². The zero-order valence-corrected chi connectivity index (χ0v) is 13.3. The molecule has 1 heterocycles. The summed E-state index contributed by atoms with van der Waals surface area (Å²) in [7, 11) is 0. The van der Waals surface area contributed by atoms with Gasteiger partial charge in [0, 0.05) is 17.8 Å². The van der Waals surface area contributed by atoms with Crippen molar-refractivity contribution < 1.29 is 23.1 Å². The normalized spacial score (nSPS) is 13.7. The maximum atomic E-state index is 13.1. The van der Waals surface area contributed by atoms with Crippen molar-refractivity contribution in [3.63, 3.8) is 0 Å². The number of nitrogens with one attached hydrogen (secondary N) is 1. The van der Waals surface area contributed by atoms with Gasteiger partial charge in [0.15, 0.2) is 11.6 Å². The molecule has 0 aliphatic carbocycles. The minimum Gasteiger partial charge on any atom is -0.447 e. The van der Waals surface area contributed by atoms with E-state index in [1.807, 2.05) is 0 Å². The number of amides is 2. The van der Waals surface area contributed by atoms with Crippen LogP contribution in [0.1, 0.15) is 12.0 Å². The smallest absolute Gasteiger partial charge is 0.414 e. The van der Waals surface area contributed by atoms with E-state index in [-0.39, 0.29) is 18.4 Å². The van der Waals surface area contributed by atoms with Gasteiger partial charge in [0.05, 0.1) is 6.54 Å². The Bertz CT molecular complexity index is 793. The molecular formula is C18H16F2N2O3. The summed E-state index contributed by atoms with van der Waals surface area (Å²) in [6, 6.07) is 10.4. The lowest BCUT2D eigenvalue weighted by Gasteiger charge is -2.13. The minimum atomic E-state index is -0.922.